The largest absolute Gasteiger partial charge is 0.481 e. The molecule has 4 nitrogen and oxygen atoms in total. The standard InChI is InChI=1S/C13H19NO3/c1-2-3-4-5-9-14-12(15)10-7-6-8-11(10)13(16)17/h1,10-11H,3-9H2,(H,14,15)(H,16,17). The summed E-state index contributed by atoms with van der Waals surface area (Å²) in [6, 6.07) is 0. The van der Waals surface area contributed by atoms with Crippen molar-refractivity contribution in [3.05, 3.63) is 0 Å². The number of amides is 1. The molecule has 1 rings (SSSR count). The molecule has 1 aliphatic rings. The second-order valence-corrected chi connectivity index (χ2v) is 4.43. The number of carboxylic acid groups (broad SMARTS) is 1. The third-order valence-corrected chi connectivity index (χ3v) is 3.22. The van der Waals surface area contributed by atoms with Crippen LogP contribution in [0.1, 0.15) is 38.5 Å². The Morgan fingerprint density at radius 2 is 2.00 bits per heavy atom. The van der Waals surface area contributed by atoms with Crippen molar-refractivity contribution in [1.82, 2.24) is 5.32 Å². The van der Waals surface area contributed by atoms with Gasteiger partial charge in [-0.25, -0.2) is 0 Å². The third-order valence-electron chi connectivity index (χ3n) is 3.22. The second-order valence-electron chi connectivity index (χ2n) is 4.43. The van der Waals surface area contributed by atoms with E-state index in [1.165, 1.54) is 0 Å². The molecule has 0 radical (unpaired) electrons. The zero-order chi connectivity index (χ0) is 12.7. The minimum Gasteiger partial charge on any atom is -0.481 e. The highest BCUT2D eigenvalue weighted by atomic mass is 16.4. The molecule has 0 saturated heterocycles. The molecule has 1 saturated carbocycles. The molecule has 0 aromatic carbocycles. The molecule has 4 heteroatoms. The lowest BCUT2D eigenvalue weighted by Crippen LogP contribution is -2.35. The van der Waals surface area contributed by atoms with Gasteiger partial charge in [0.15, 0.2) is 0 Å². The van der Waals surface area contributed by atoms with Gasteiger partial charge in [-0.05, 0) is 25.7 Å². The molecule has 2 unspecified atom stereocenters. The fraction of sp³-hybridized carbons (Fsp3) is 0.692. The lowest BCUT2D eigenvalue weighted by atomic mass is 9.95. The van der Waals surface area contributed by atoms with Crippen LogP contribution in [0.3, 0.4) is 0 Å². The van der Waals surface area contributed by atoms with Gasteiger partial charge in [0.25, 0.3) is 0 Å². The molecular formula is C13H19NO3. The summed E-state index contributed by atoms with van der Waals surface area (Å²) < 4.78 is 0. The van der Waals surface area contributed by atoms with Crippen LogP contribution >= 0.6 is 0 Å². The van der Waals surface area contributed by atoms with Crippen LogP contribution in [0.5, 0.6) is 0 Å². The highest BCUT2D eigenvalue weighted by Crippen LogP contribution is 2.31. The molecule has 0 heterocycles. The van der Waals surface area contributed by atoms with Crippen LogP contribution in [0.4, 0.5) is 0 Å². The number of carboxylic acids is 1. The number of carbonyl (C=O) groups excluding carboxylic acids is 1. The average molecular weight is 237 g/mol. The van der Waals surface area contributed by atoms with E-state index in [1.807, 2.05) is 0 Å². The molecule has 0 bridgehead atoms. The van der Waals surface area contributed by atoms with Gasteiger partial charge in [0, 0.05) is 13.0 Å². The minimum absolute atomic E-state index is 0.115. The summed E-state index contributed by atoms with van der Waals surface area (Å²) in [7, 11) is 0. The number of terminal acetylenes is 1. The second kappa shape index (κ2) is 6.95. The summed E-state index contributed by atoms with van der Waals surface area (Å²) >= 11 is 0. The maximum atomic E-state index is 11.8. The van der Waals surface area contributed by atoms with E-state index in [9.17, 15) is 9.59 Å². The highest BCUT2D eigenvalue weighted by Gasteiger charge is 2.37. The Hall–Kier alpha value is -1.50. The normalized spacial score (nSPS) is 23.0. The van der Waals surface area contributed by atoms with Crippen LogP contribution in [-0.4, -0.2) is 23.5 Å². The molecular weight excluding hydrogens is 218 g/mol. The van der Waals surface area contributed by atoms with Crippen LogP contribution in [-0.2, 0) is 9.59 Å². The van der Waals surface area contributed by atoms with E-state index in [0.29, 0.717) is 19.4 Å². The Labute approximate surface area is 102 Å². The van der Waals surface area contributed by atoms with Gasteiger partial charge < -0.3 is 10.4 Å². The van der Waals surface area contributed by atoms with E-state index in [0.717, 1.165) is 25.7 Å². The smallest absolute Gasteiger partial charge is 0.307 e. The fourth-order valence-electron chi connectivity index (χ4n) is 2.26. The lowest BCUT2D eigenvalue weighted by Gasteiger charge is -2.15. The fourth-order valence-corrected chi connectivity index (χ4v) is 2.26. The van der Waals surface area contributed by atoms with Crippen molar-refractivity contribution in [2.75, 3.05) is 6.54 Å². The Morgan fingerprint density at radius 1 is 1.29 bits per heavy atom. The van der Waals surface area contributed by atoms with Crippen molar-refractivity contribution in [1.29, 1.82) is 0 Å². The number of carbonyl (C=O) groups is 2. The topological polar surface area (TPSA) is 66.4 Å². The molecule has 0 aliphatic heterocycles. The summed E-state index contributed by atoms with van der Waals surface area (Å²) in [6.45, 7) is 0.587. The van der Waals surface area contributed by atoms with Crippen LogP contribution in [0.25, 0.3) is 0 Å². The van der Waals surface area contributed by atoms with E-state index in [-0.39, 0.29) is 11.8 Å². The van der Waals surface area contributed by atoms with Crippen molar-refractivity contribution >= 4 is 11.9 Å². The number of aliphatic carboxylic acids is 1. The first kappa shape index (κ1) is 13.6. The van der Waals surface area contributed by atoms with E-state index < -0.39 is 11.9 Å². The van der Waals surface area contributed by atoms with Crippen LogP contribution < -0.4 is 5.32 Å². The van der Waals surface area contributed by atoms with Gasteiger partial charge in [-0.15, -0.1) is 12.3 Å². The van der Waals surface area contributed by atoms with Gasteiger partial charge >= 0.3 is 5.97 Å². The number of rotatable bonds is 6. The van der Waals surface area contributed by atoms with Crippen molar-refractivity contribution in [2.24, 2.45) is 11.8 Å². The van der Waals surface area contributed by atoms with Crippen molar-refractivity contribution in [2.45, 2.75) is 38.5 Å². The Bertz CT molecular complexity index is 319. The Kier molecular flexibility index (Phi) is 5.55. The first-order valence-corrected chi connectivity index (χ1v) is 6.10. The molecule has 0 aromatic heterocycles. The highest BCUT2D eigenvalue weighted by molar-refractivity contribution is 5.85. The molecule has 17 heavy (non-hydrogen) atoms. The average Bonchev–Trinajstić information content (AvgIpc) is 2.77. The van der Waals surface area contributed by atoms with Crippen LogP contribution in [0, 0.1) is 24.2 Å². The summed E-state index contributed by atoms with van der Waals surface area (Å²) in [6.07, 6.45) is 9.71. The van der Waals surface area contributed by atoms with Gasteiger partial charge in [-0.2, -0.15) is 0 Å². The van der Waals surface area contributed by atoms with Crippen LogP contribution in [0.2, 0.25) is 0 Å². The zero-order valence-electron chi connectivity index (χ0n) is 9.95. The summed E-state index contributed by atoms with van der Waals surface area (Å²) in [4.78, 5) is 22.7. The van der Waals surface area contributed by atoms with E-state index in [2.05, 4.69) is 11.2 Å². The number of nitrogens with one attached hydrogen (secondary N) is 1. The summed E-state index contributed by atoms with van der Waals surface area (Å²) in [5.74, 6) is 0.729. The molecule has 1 aliphatic carbocycles. The molecule has 0 aromatic rings. The minimum atomic E-state index is -0.852. The van der Waals surface area contributed by atoms with Crippen molar-refractivity contribution in [3.63, 3.8) is 0 Å². The maximum absolute atomic E-state index is 11.8. The third kappa shape index (κ3) is 4.10. The summed E-state index contributed by atoms with van der Waals surface area (Å²) in [5.41, 5.74) is 0. The monoisotopic (exact) mass is 237 g/mol. The first-order chi connectivity index (χ1) is 8.16. The SMILES string of the molecule is C#CCCCCNC(=O)C1CCCC1C(=O)O. The number of unbranched alkanes of at least 4 members (excludes halogenated alkanes) is 2. The summed E-state index contributed by atoms with van der Waals surface area (Å²) in [5, 5.41) is 11.8. The van der Waals surface area contributed by atoms with E-state index in [4.69, 9.17) is 11.5 Å². The van der Waals surface area contributed by atoms with Crippen molar-refractivity contribution in [3.8, 4) is 12.3 Å². The first-order valence-electron chi connectivity index (χ1n) is 6.10. The number of hydrogen-bond donors (Lipinski definition) is 2. The van der Waals surface area contributed by atoms with Gasteiger partial charge in [0.1, 0.15) is 0 Å². The molecule has 94 valence electrons. The maximum Gasteiger partial charge on any atom is 0.307 e. The predicted molar refractivity (Wildman–Crippen MR) is 64.2 cm³/mol. The molecule has 2 atom stereocenters. The zero-order valence-corrected chi connectivity index (χ0v) is 9.95. The van der Waals surface area contributed by atoms with Crippen LogP contribution in [0.15, 0.2) is 0 Å². The molecule has 1 fully saturated rings. The Balaban J connectivity index is 2.27. The number of hydrogen-bond acceptors (Lipinski definition) is 2. The lowest BCUT2D eigenvalue weighted by molar-refractivity contribution is -0.146. The quantitative estimate of drug-likeness (QED) is 0.542. The predicted octanol–water partition coefficient (Wildman–Crippen LogP) is 1.41. The van der Waals surface area contributed by atoms with Gasteiger partial charge in [0.2, 0.25) is 5.91 Å². The Morgan fingerprint density at radius 3 is 2.65 bits per heavy atom. The van der Waals surface area contributed by atoms with Gasteiger partial charge in [-0.1, -0.05) is 6.42 Å². The van der Waals surface area contributed by atoms with Crippen molar-refractivity contribution < 1.29 is 14.7 Å². The van der Waals surface area contributed by atoms with E-state index >= 15 is 0 Å². The van der Waals surface area contributed by atoms with E-state index in [1.54, 1.807) is 0 Å². The molecule has 2 N–H and O–H groups in total. The molecule has 0 spiro atoms. The van der Waals surface area contributed by atoms with Gasteiger partial charge in [-0.3, -0.25) is 9.59 Å². The van der Waals surface area contributed by atoms with Gasteiger partial charge in [0.05, 0.1) is 11.8 Å². The molecule has 1 amide bonds.